The molecule has 0 spiro atoms. The Kier molecular flexibility index (Phi) is 6.35. The quantitative estimate of drug-likeness (QED) is 0.403. The number of hydrogen-bond donors (Lipinski definition) is 1. The van der Waals surface area contributed by atoms with Gasteiger partial charge in [-0.05, 0) is 31.0 Å². The Morgan fingerprint density at radius 2 is 2.07 bits per heavy atom. The molecule has 0 fully saturated rings. The molecule has 0 unspecified atom stereocenters. The van der Waals surface area contributed by atoms with E-state index in [9.17, 15) is 4.79 Å². The molecule has 3 heterocycles. The van der Waals surface area contributed by atoms with Gasteiger partial charge in [0.15, 0.2) is 10.9 Å². The SMILES string of the molecule is Cc1nc(-c2ccc(CCNC(=O)c3ccc(CSc4nccn4C)o3)cc2)cs1. The zero-order valence-electron chi connectivity index (χ0n) is 16.8. The van der Waals surface area contributed by atoms with Gasteiger partial charge < -0.3 is 14.3 Å². The molecule has 4 aromatic rings. The van der Waals surface area contributed by atoms with Gasteiger partial charge in [0.05, 0.1) is 16.5 Å². The second kappa shape index (κ2) is 9.32. The first-order valence-electron chi connectivity index (χ1n) is 9.57. The van der Waals surface area contributed by atoms with Crippen LogP contribution >= 0.6 is 23.1 Å². The zero-order valence-corrected chi connectivity index (χ0v) is 18.4. The third kappa shape index (κ3) is 5.01. The number of thiazole rings is 1. The van der Waals surface area contributed by atoms with E-state index in [2.05, 4.69) is 44.9 Å². The Labute approximate surface area is 183 Å². The lowest BCUT2D eigenvalue weighted by Gasteiger charge is -2.05. The number of aromatic nitrogens is 3. The first kappa shape index (κ1) is 20.4. The van der Waals surface area contributed by atoms with Crippen molar-refractivity contribution in [2.45, 2.75) is 24.3 Å². The van der Waals surface area contributed by atoms with Gasteiger partial charge in [0.25, 0.3) is 5.91 Å². The summed E-state index contributed by atoms with van der Waals surface area (Å²) < 4.78 is 7.63. The number of imidazole rings is 1. The van der Waals surface area contributed by atoms with Crippen LogP contribution in [0.15, 0.2) is 63.7 Å². The predicted octanol–water partition coefficient (Wildman–Crippen LogP) is 4.71. The van der Waals surface area contributed by atoms with Gasteiger partial charge in [0.1, 0.15) is 5.76 Å². The van der Waals surface area contributed by atoms with Crippen LogP contribution in [0.5, 0.6) is 0 Å². The minimum Gasteiger partial charge on any atom is -0.455 e. The molecule has 154 valence electrons. The van der Waals surface area contributed by atoms with Crippen LogP contribution in [0.1, 0.15) is 26.9 Å². The van der Waals surface area contributed by atoms with Gasteiger partial charge in [0, 0.05) is 36.9 Å². The van der Waals surface area contributed by atoms with Gasteiger partial charge >= 0.3 is 0 Å². The largest absolute Gasteiger partial charge is 0.455 e. The topological polar surface area (TPSA) is 73.0 Å². The summed E-state index contributed by atoms with van der Waals surface area (Å²) in [6.45, 7) is 2.55. The molecule has 0 bridgehead atoms. The Morgan fingerprint density at radius 3 is 2.77 bits per heavy atom. The zero-order chi connectivity index (χ0) is 20.9. The molecule has 8 heteroatoms. The highest BCUT2D eigenvalue weighted by molar-refractivity contribution is 7.98. The van der Waals surface area contributed by atoms with Gasteiger partial charge in [-0.3, -0.25) is 4.79 Å². The van der Waals surface area contributed by atoms with Crippen molar-refractivity contribution in [2.75, 3.05) is 6.54 Å². The lowest BCUT2D eigenvalue weighted by molar-refractivity contribution is 0.0925. The Bertz CT molecular complexity index is 1130. The Balaban J connectivity index is 1.25. The minimum atomic E-state index is -0.196. The molecule has 4 rings (SSSR count). The van der Waals surface area contributed by atoms with E-state index >= 15 is 0 Å². The van der Waals surface area contributed by atoms with Crippen LogP contribution in [0.2, 0.25) is 0 Å². The summed E-state index contributed by atoms with van der Waals surface area (Å²) in [6, 6.07) is 11.9. The van der Waals surface area contributed by atoms with Crippen molar-refractivity contribution in [3.05, 3.63) is 76.3 Å². The van der Waals surface area contributed by atoms with Crippen molar-refractivity contribution in [1.29, 1.82) is 0 Å². The summed E-state index contributed by atoms with van der Waals surface area (Å²) in [6.07, 6.45) is 4.42. The number of aryl methyl sites for hydroxylation is 2. The molecule has 0 aliphatic rings. The number of amides is 1. The molecule has 6 nitrogen and oxygen atoms in total. The van der Waals surface area contributed by atoms with Crippen LogP contribution in [-0.4, -0.2) is 27.0 Å². The van der Waals surface area contributed by atoms with E-state index in [4.69, 9.17) is 4.42 Å². The fraction of sp³-hybridized carbons (Fsp3) is 0.227. The number of rotatable bonds is 8. The number of carbonyl (C=O) groups excluding carboxylic acids is 1. The molecule has 1 amide bonds. The van der Waals surface area contributed by atoms with E-state index in [0.717, 1.165) is 39.2 Å². The van der Waals surface area contributed by atoms with Gasteiger partial charge in [-0.1, -0.05) is 36.0 Å². The molecule has 3 aromatic heterocycles. The van der Waals surface area contributed by atoms with E-state index in [1.165, 1.54) is 0 Å². The summed E-state index contributed by atoms with van der Waals surface area (Å²) in [5, 5.41) is 6.96. The summed E-state index contributed by atoms with van der Waals surface area (Å²) in [5.41, 5.74) is 3.28. The molecule has 1 N–H and O–H groups in total. The summed E-state index contributed by atoms with van der Waals surface area (Å²) >= 11 is 3.22. The van der Waals surface area contributed by atoms with Crippen LogP contribution < -0.4 is 5.32 Å². The number of carbonyl (C=O) groups is 1. The van der Waals surface area contributed by atoms with Crippen LogP contribution in [0, 0.1) is 6.92 Å². The Hall–Kier alpha value is -2.84. The van der Waals surface area contributed by atoms with Crippen molar-refractivity contribution in [1.82, 2.24) is 19.9 Å². The van der Waals surface area contributed by atoms with Crippen LogP contribution in [0.4, 0.5) is 0 Å². The maximum atomic E-state index is 12.3. The third-order valence-corrected chi connectivity index (χ3v) is 6.43. The maximum Gasteiger partial charge on any atom is 0.287 e. The molecule has 0 aliphatic heterocycles. The van der Waals surface area contributed by atoms with Crippen LogP contribution in [0.25, 0.3) is 11.3 Å². The fourth-order valence-electron chi connectivity index (χ4n) is 2.95. The van der Waals surface area contributed by atoms with Gasteiger partial charge in [-0.2, -0.15) is 0 Å². The average Bonchev–Trinajstić information content (AvgIpc) is 3.48. The number of hydrogen-bond acceptors (Lipinski definition) is 6. The van der Waals surface area contributed by atoms with Crippen molar-refractivity contribution >= 4 is 29.0 Å². The van der Waals surface area contributed by atoms with E-state index in [0.29, 0.717) is 18.1 Å². The standard InChI is InChI=1S/C22H22N4O2S2/c1-15-25-19(14-29-15)17-5-3-16(4-6-17)9-10-23-21(27)20-8-7-18(28-20)13-30-22-24-11-12-26(22)2/h3-8,11-12,14H,9-10,13H2,1-2H3,(H,23,27). The number of furan rings is 1. The van der Waals surface area contributed by atoms with E-state index < -0.39 is 0 Å². The van der Waals surface area contributed by atoms with Crippen molar-refractivity contribution < 1.29 is 9.21 Å². The normalized spacial score (nSPS) is 11.0. The summed E-state index contributed by atoms with van der Waals surface area (Å²) in [4.78, 5) is 21.1. The van der Waals surface area contributed by atoms with Gasteiger partial charge in [0.2, 0.25) is 0 Å². The van der Waals surface area contributed by atoms with Crippen molar-refractivity contribution in [2.24, 2.45) is 7.05 Å². The highest BCUT2D eigenvalue weighted by Crippen LogP contribution is 2.23. The highest BCUT2D eigenvalue weighted by atomic mass is 32.2. The Morgan fingerprint density at radius 1 is 1.23 bits per heavy atom. The number of thioether (sulfide) groups is 1. The molecule has 0 saturated carbocycles. The third-order valence-electron chi connectivity index (χ3n) is 4.57. The van der Waals surface area contributed by atoms with Gasteiger partial charge in [-0.15, -0.1) is 11.3 Å². The molecule has 1 aromatic carbocycles. The fourth-order valence-corrected chi connectivity index (χ4v) is 4.40. The second-order valence-electron chi connectivity index (χ2n) is 6.83. The maximum absolute atomic E-state index is 12.3. The lowest BCUT2D eigenvalue weighted by Crippen LogP contribution is -2.25. The first-order valence-corrected chi connectivity index (χ1v) is 11.4. The molecular formula is C22H22N4O2S2. The van der Waals surface area contributed by atoms with Crippen LogP contribution in [-0.2, 0) is 19.2 Å². The number of benzene rings is 1. The first-order chi connectivity index (χ1) is 14.6. The number of nitrogens with one attached hydrogen (secondary N) is 1. The lowest BCUT2D eigenvalue weighted by atomic mass is 10.1. The monoisotopic (exact) mass is 438 g/mol. The summed E-state index contributed by atoms with van der Waals surface area (Å²) in [5.74, 6) is 1.52. The van der Waals surface area contributed by atoms with Gasteiger partial charge in [-0.25, -0.2) is 9.97 Å². The molecular weight excluding hydrogens is 416 g/mol. The molecule has 0 saturated heterocycles. The molecule has 0 aliphatic carbocycles. The smallest absolute Gasteiger partial charge is 0.287 e. The molecule has 0 atom stereocenters. The summed E-state index contributed by atoms with van der Waals surface area (Å²) in [7, 11) is 1.95. The predicted molar refractivity (Wildman–Crippen MR) is 120 cm³/mol. The second-order valence-corrected chi connectivity index (χ2v) is 8.83. The molecule has 30 heavy (non-hydrogen) atoms. The van der Waals surface area contributed by atoms with Crippen LogP contribution in [0.3, 0.4) is 0 Å². The minimum absolute atomic E-state index is 0.196. The van der Waals surface area contributed by atoms with Crippen molar-refractivity contribution in [3.63, 3.8) is 0 Å². The molecule has 0 radical (unpaired) electrons. The van der Waals surface area contributed by atoms with Crippen molar-refractivity contribution in [3.8, 4) is 11.3 Å². The van der Waals surface area contributed by atoms with E-state index in [1.807, 2.05) is 30.8 Å². The van der Waals surface area contributed by atoms with E-state index in [-0.39, 0.29) is 5.91 Å². The van der Waals surface area contributed by atoms with E-state index in [1.54, 1.807) is 35.4 Å². The highest BCUT2D eigenvalue weighted by Gasteiger charge is 2.12. The number of nitrogens with zero attached hydrogens (tertiary/aromatic N) is 3. The average molecular weight is 439 g/mol.